The molecule has 0 aliphatic heterocycles. The standard InChI is InChI=1S/C12H6BrClS/c13-9-6-12-8(5-10(9)14)7-3-1-2-4-11(7)15-12/h1-6H. The summed E-state index contributed by atoms with van der Waals surface area (Å²) in [5.74, 6) is 0. The van der Waals surface area contributed by atoms with E-state index in [1.54, 1.807) is 11.3 Å². The van der Waals surface area contributed by atoms with Crippen LogP contribution >= 0.6 is 38.9 Å². The monoisotopic (exact) mass is 296 g/mol. The van der Waals surface area contributed by atoms with Gasteiger partial charge in [0, 0.05) is 24.6 Å². The molecule has 3 heteroatoms. The van der Waals surface area contributed by atoms with E-state index >= 15 is 0 Å². The van der Waals surface area contributed by atoms with Crippen LogP contribution in [-0.2, 0) is 0 Å². The number of benzene rings is 2. The molecule has 15 heavy (non-hydrogen) atoms. The van der Waals surface area contributed by atoms with Crippen LogP contribution in [0.2, 0.25) is 5.02 Å². The predicted octanol–water partition coefficient (Wildman–Crippen LogP) is 5.47. The number of rotatable bonds is 0. The van der Waals surface area contributed by atoms with Crippen LogP contribution in [0.1, 0.15) is 0 Å². The summed E-state index contributed by atoms with van der Waals surface area (Å²) in [7, 11) is 0. The molecule has 0 nitrogen and oxygen atoms in total. The lowest BCUT2D eigenvalue weighted by Crippen LogP contribution is -1.69. The Morgan fingerprint density at radius 2 is 1.80 bits per heavy atom. The fourth-order valence-electron chi connectivity index (χ4n) is 1.72. The second-order valence-electron chi connectivity index (χ2n) is 3.36. The summed E-state index contributed by atoms with van der Waals surface area (Å²) >= 11 is 11.3. The van der Waals surface area contributed by atoms with Crippen molar-refractivity contribution < 1.29 is 0 Å². The number of hydrogen-bond donors (Lipinski definition) is 0. The van der Waals surface area contributed by atoms with Crippen molar-refractivity contribution in [3.63, 3.8) is 0 Å². The summed E-state index contributed by atoms with van der Waals surface area (Å²) in [6, 6.07) is 12.5. The molecular weight excluding hydrogens is 292 g/mol. The molecule has 0 fully saturated rings. The molecule has 1 heterocycles. The van der Waals surface area contributed by atoms with E-state index in [0.29, 0.717) is 0 Å². The quantitative estimate of drug-likeness (QED) is 0.516. The van der Waals surface area contributed by atoms with Gasteiger partial charge in [-0.2, -0.15) is 0 Å². The first kappa shape index (κ1) is 9.64. The molecule has 0 amide bonds. The first-order valence-electron chi connectivity index (χ1n) is 4.52. The Morgan fingerprint density at radius 3 is 2.67 bits per heavy atom. The van der Waals surface area contributed by atoms with Crippen LogP contribution in [0.5, 0.6) is 0 Å². The highest BCUT2D eigenvalue weighted by Crippen LogP contribution is 2.38. The third-order valence-electron chi connectivity index (χ3n) is 2.42. The van der Waals surface area contributed by atoms with Gasteiger partial charge in [-0.25, -0.2) is 0 Å². The number of halogens is 2. The minimum Gasteiger partial charge on any atom is -0.135 e. The van der Waals surface area contributed by atoms with Gasteiger partial charge in [-0.3, -0.25) is 0 Å². The van der Waals surface area contributed by atoms with Gasteiger partial charge in [0.25, 0.3) is 0 Å². The highest BCUT2D eigenvalue weighted by atomic mass is 79.9. The van der Waals surface area contributed by atoms with Crippen LogP contribution in [0, 0.1) is 0 Å². The summed E-state index contributed by atoms with van der Waals surface area (Å²) in [5, 5.41) is 3.29. The Hall–Kier alpha value is -0.570. The van der Waals surface area contributed by atoms with Crippen molar-refractivity contribution in [3.8, 4) is 0 Å². The highest BCUT2D eigenvalue weighted by Gasteiger charge is 2.06. The molecule has 0 aliphatic carbocycles. The van der Waals surface area contributed by atoms with E-state index in [-0.39, 0.29) is 0 Å². The second-order valence-corrected chi connectivity index (χ2v) is 5.71. The Morgan fingerprint density at radius 1 is 1.00 bits per heavy atom. The Bertz CT molecular complexity index is 657. The van der Waals surface area contributed by atoms with Crippen LogP contribution in [-0.4, -0.2) is 0 Å². The largest absolute Gasteiger partial charge is 0.135 e. The van der Waals surface area contributed by atoms with Gasteiger partial charge in [0.05, 0.1) is 5.02 Å². The molecule has 2 aromatic carbocycles. The van der Waals surface area contributed by atoms with E-state index in [1.165, 1.54) is 20.2 Å². The molecule has 0 saturated carbocycles. The lowest BCUT2D eigenvalue weighted by Gasteiger charge is -1.95. The maximum atomic E-state index is 6.10. The third kappa shape index (κ3) is 1.48. The summed E-state index contributed by atoms with van der Waals surface area (Å²) in [4.78, 5) is 0. The second kappa shape index (κ2) is 3.48. The minimum absolute atomic E-state index is 0.769. The van der Waals surface area contributed by atoms with Crippen molar-refractivity contribution in [2.75, 3.05) is 0 Å². The lowest BCUT2D eigenvalue weighted by atomic mass is 10.1. The van der Waals surface area contributed by atoms with Crippen LogP contribution in [0.4, 0.5) is 0 Å². The maximum absolute atomic E-state index is 6.10. The molecule has 0 saturated heterocycles. The van der Waals surface area contributed by atoms with Crippen LogP contribution < -0.4 is 0 Å². The number of hydrogen-bond acceptors (Lipinski definition) is 1. The van der Waals surface area contributed by atoms with Gasteiger partial charge in [-0.15, -0.1) is 11.3 Å². The molecule has 0 spiro atoms. The predicted molar refractivity (Wildman–Crippen MR) is 72.0 cm³/mol. The molecule has 0 atom stereocenters. The first-order valence-corrected chi connectivity index (χ1v) is 6.51. The average Bonchev–Trinajstić information content (AvgIpc) is 2.57. The van der Waals surface area contributed by atoms with Crippen molar-refractivity contribution in [1.29, 1.82) is 0 Å². The molecule has 0 aliphatic rings. The average molecular weight is 298 g/mol. The Balaban J connectivity index is 2.56. The minimum atomic E-state index is 0.769. The van der Waals surface area contributed by atoms with Gasteiger partial charge in [-0.1, -0.05) is 29.8 Å². The Labute approximate surface area is 105 Å². The zero-order chi connectivity index (χ0) is 10.4. The van der Waals surface area contributed by atoms with E-state index in [0.717, 1.165) is 9.50 Å². The van der Waals surface area contributed by atoms with Gasteiger partial charge in [0.15, 0.2) is 0 Å². The summed E-state index contributed by atoms with van der Waals surface area (Å²) < 4.78 is 3.54. The van der Waals surface area contributed by atoms with Crippen LogP contribution in [0.15, 0.2) is 40.9 Å². The topological polar surface area (TPSA) is 0 Å². The number of thiophene rings is 1. The summed E-state index contributed by atoms with van der Waals surface area (Å²) in [6.45, 7) is 0. The van der Waals surface area contributed by atoms with Gasteiger partial charge in [-0.05, 0) is 34.1 Å². The van der Waals surface area contributed by atoms with Gasteiger partial charge in [0.2, 0.25) is 0 Å². The van der Waals surface area contributed by atoms with Crippen LogP contribution in [0.3, 0.4) is 0 Å². The van der Waals surface area contributed by atoms with Crippen molar-refractivity contribution in [2.24, 2.45) is 0 Å². The molecule has 0 unspecified atom stereocenters. The molecule has 3 rings (SSSR count). The molecule has 3 aromatic rings. The van der Waals surface area contributed by atoms with E-state index in [4.69, 9.17) is 11.6 Å². The van der Waals surface area contributed by atoms with E-state index in [2.05, 4.69) is 46.3 Å². The summed E-state index contributed by atoms with van der Waals surface area (Å²) in [6.07, 6.45) is 0. The van der Waals surface area contributed by atoms with Gasteiger partial charge < -0.3 is 0 Å². The lowest BCUT2D eigenvalue weighted by molar-refractivity contribution is 1.77. The van der Waals surface area contributed by atoms with E-state index in [9.17, 15) is 0 Å². The smallest absolute Gasteiger partial charge is 0.0555 e. The fraction of sp³-hybridized carbons (Fsp3) is 0. The maximum Gasteiger partial charge on any atom is 0.0555 e. The molecular formula is C12H6BrClS. The fourth-order valence-corrected chi connectivity index (χ4v) is 3.51. The van der Waals surface area contributed by atoms with Crippen molar-refractivity contribution in [1.82, 2.24) is 0 Å². The third-order valence-corrected chi connectivity index (χ3v) is 4.75. The molecule has 74 valence electrons. The van der Waals surface area contributed by atoms with Gasteiger partial charge in [0.1, 0.15) is 0 Å². The zero-order valence-electron chi connectivity index (χ0n) is 7.63. The van der Waals surface area contributed by atoms with Crippen molar-refractivity contribution in [2.45, 2.75) is 0 Å². The van der Waals surface area contributed by atoms with E-state index < -0.39 is 0 Å². The van der Waals surface area contributed by atoms with Crippen molar-refractivity contribution >= 4 is 59.0 Å². The van der Waals surface area contributed by atoms with E-state index in [1.807, 2.05) is 6.07 Å². The molecule has 0 radical (unpaired) electrons. The normalized spacial score (nSPS) is 11.3. The first-order chi connectivity index (χ1) is 7.25. The van der Waals surface area contributed by atoms with Gasteiger partial charge >= 0.3 is 0 Å². The molecule has 0 bridgehead atoms. The SMILES string of the molecule is Clc1cc2c(cc1Br)sc1ccccc12. The van der Waals surface area contributed by atoms with Crippen LogP contribution in [0.25, 0.3) is 20.2 Å². The zero-order valence-corrected chi connectivity index (χ0v) is 10.8. The summed E-state index contributed by atoms with van der Waals surface area (Å²) in [5.41, 5.74) is 0. The van der Waals surface area contributed by atoms with Crippen molar-refractivity contribution in [3.05, 3.63) is 45.9 Å². The molecule has 0 N–H and O–H groups in total. The number of fused-ring (bicyclic) bond motifs is 3. The molecule has 1 aromatic heterocycles. The highest BCUT2D eigenvalue weighted by molar-refractivity contribution is 9.10. The Kier molecular flexibility index (Phi) is 2.23.